The molecule has 0 aliphatic carbocycles. The maximum Gasteiger partial charge on any atom is 0.433 e. The number of hydrogen-bond donors (Lipinski definition) is 1. The number of rotatable bonds is 4. The zero-order valence-electron chi connectivity index (χ0n) is 15.4. The molecular weight excluding hydrogens is 393 g/mol. The summed E-state index contributed by atoms with van der Waals surface area (Å²) in [7, 11) is 1.18. The molecule has 0 bridgehead atoms. The molecule has 0 radical (unpaired) electrons. The van der Waals surface area contributed by atoms with Gasteiger partial charge in [0.05, 0.1) is 0 Å². The van der Waals surface area contributed by atoms with Crippen LogP contribution >= 0.6 is 11.6 Å². The lowest BCUT2D eigenvalue weighted by Gasteiger charge is -2.34. The second-order valence-corrected chi connectivity index (χ2v) is 7.60. The van der Waals surface area contributed by atoms with Gasteiger partial charge in [0.25, 0.3) is 5.91 Å². The van der Waals surface area contributed by atoms with Gasteiger partial charge in [0, 0.05) is 37.3 Å². The fourth-order valence-corrected chi connectivity index (χ4v) is 3.85. The third-order valence-corrected chi connectivity index (χ3v) is 5.42. The molecule has 1 fully saturated rings. The molecule has 0 spiro atoms. The summed E-state index contributed by atoms with van der Waals surface area (Å²) in [6.07, 6.45) is -2.45. The fraction of sp³-hybridized carbons (Fsp3) is 0.474. The van der Waals surface area contributed by atoms with Crippen LogP contribution in [0, 0.1) is 5.92 Å². The van der Waals surface area contributed by atoms with Crippen molar-refractivity contribution in [2.45, 2.75) is 31.5 Å². The van der Waals surface area contributed by atoms with Gasteiger partial charge in [-0.05, 0) is 42.9 Å². The van der Waals surface area contributed by atoms with Crippen LogP contribution in [-0.4, -0.2) is 39.7 Å². The average molecular weight is 415 g/mol. The van der Waals surface area contributed by atoms with Crippen molar-refractivity contribution in [3.8, 4) is 0 Å². The summed E-state index contributed by atoms with van der Waals surface area (Å²) in [5.74, 6) is -0.245. The van der Waals surface area contributed by atoms with Crippen molar-refractivity contribution in [1.29, 1.82) is 0 Å². The molecule has 0 saturated carbocycles. The van der Waals surface area contributed by atoms with Crippen LogP contribution in [0.2, 0.25) is 5.02 Å². The van der Waals surface area contributed by atoms with Crippen molar-refractivity contribution in [1.82, 2.24) is 14.7 Å². The maximum atomic E-state index is 12.9. The minimum atomic E-state index is -4.54. The minimum absolute atomic E-state index is 0.0672. The molecule has 2 aromatic rings. The molecule has 2 heterocycles. The quantitative estimate of drug-likeness (QED) is 0.832. The largest absolute Gasteiger partial charge is 0.433 e. The van der Waals surface area contributed by atoms with Crippen LogP contribution in [-0.2, 0) is 19.6 Å². The van der Waals surface area contributed by atoms with Crippen LogP contribution in [0.3, 0.4) is 0 Å². The first-order chi connectivity index (χ1) is 13.1. The molecular formula is C19H22ClF3N4O. The summed E-state index contributed by atoms with van der Waals surface area (Å²) in [6.45, 7) is 0.898. The van der Waals surface area contributed by atoms with E-state index in [2.05, 4.69) is 5.10 Å². The van der Waals surface area contributed by atoms with Crippen molar-refractivity contribution < 1.29 is 18.0 Å². The van der Waals surface area contributed by atoms with E-state index in [9.17, 15) is 18.0 Å². The van der Waals surface area contributed by atoms with Crippen LogP contribution in [0.1, 0.15) is 34.6 Å². The van der Waals surface area contributed by atoms with Gasteiger partial charge < -0.3 is 10.6 Å². The molecule has 152 valence electrons. The predicted octanol–water partition coefficient (Wildman–Crippen LogP) is 3.51. The molecule has 1 aliphatic rings. The predicted molar refractivity (Wildman–Crippen MR) is 100.0 cm³/mol. The Balaban J connectivity index is 1.58. The SMILES string of the molecule is Cn1nc(C(=O)N2CCC(C(N)Cc3cccc(Cl)c3)CC2)cc1C(F)(F)F. The molecule has 9 heteroatoms. The highest BCUT2D eigenvalue weighted by molar-refractivity contribution is 6.30. The number of alkyl halides is 3. The first kappa shape index (κ1) is 20.7. The summed E-state index contributed by atoms with van der Waals surface area (Å²) in [6, 6.07) is 8.29. The summed E-state index contributed by atoms with van der Waals surface area (Å²) in [5.41, 5.74) is 6.29. The lowest BCUT2D eigenvalue weighted by atomic mass is 9.86. The van der Waals surface area contributed by atoms with Gasteiger partial charge in [0.15, 0.2) is 5.69 Å². The molecule has 1 aromatic heterocycles. The fourth-order valence-electron chi connectivity index (χ4n) is 3.63. The van der Waals surface area contributed by atoms with E-state index >= 15 is 0 Å². The second kappa shape index (κ2) is 8.13. The van der Waals surface area contributed by atoms with Crippen LogP contribution in [0.4, 0.5) is 13.2 Å². The van der Waals surface area contributed by atoms with Crippen LogP contribution in [0.15, 0.2) is 30.3 Å². The van der Waals surface area contributed by atoms with Crippen LogP contribution < -0.4 is 5.73 Å². The molecule has 1 unspecified atom stereocenters. The third-order valence-electron chi connectivity index (χ3n) is 5.18. The molecule has 1 atom stereocenters. The van der Waals surface area contributed by atoms with Crippen molar-refractivity contribution in [3.63, 3.8) is 0 Å². The van der Waals surface area contributed by atoms with E-state index in [-0.39, 0.29) is 17.7 Å². The Hall–Kier alpha value is -2.06. The number of carbonyl (C=O) groups excluding carboxylic acids is 1. The van der Waals surface area contributed by atoms with Gasteiger partial charge >= 0.3 is 6.18 Å². The van der Waals surface area contributed by atoms with Gasteiger partial charge in [0.2, 0.25) is 0 Å². The molecule has 2 N–H and O–H groups in total. The zero-order valence-corrected chi connectivity index (χ0v) is 16.2. The van der Waals surface area contributed by atoms with E-state index in [1.807, 2.05) is 24.3 Å². The van der Waals surface area contributed by atoms with Crippen LogP contribution in [0.5, 0.6) is 0 Å². The number of likely N-dealkylation sites (tertiary alicyclic amines) is 1. The van der Waals surface area contributed by atoms with E-state index in [0.717, 1.165) is 11.6 Å². The summed E-state index contributed by atoms with van der Waals surface area (Å²) >= 11 is 6.00. The molecule has 1 aromatic carbocycles. The van der Waals surface area contributed by atoms with Gasteiger partial charge in [-0.15, -0.1) is 0 Å². The monoisotopic (exact) mass is 414 g/mol. The summed E-state index contributed by atoms with van der Waals surface area (Å²) < 4.78 is 39.4. The number of piperidine rings is 1. The standard InChI is InChI=1S/C19H22ClF3N4O/c1-26-17(19(21,22)23)11-16(25-26)18(28)27-7-5-13(6-8-27)15(24)10-12-3-2-4-14(20)9-12/h2-4,9,11,13,15H,5-8,10,24H2,1H3. The van der Waals surface area contributed by atoms with E-state index in [0.29, 0.717) is 42.1 Å². The van der Waals surface area contributed by atoms with Crippen molar-refractivity contribution in [2.24, 2.45) is 18.7 Å². The first-order valence-electron chi connectivity index (χ1n) is 9.05. The Morgan fingerprint density at radius 1 is 1.32 bits per heavy atom. The van der Waals surface area contributed by atoms with E-state index in [4.69, 9.17) is 17.3 Å². The molecule has 5 nitrogen and oxygen atoms in total. The molecule has 1 saturated heterocycles. The lowest BCUT2D eigenvalue weighted by molar-refractivity contribution is -0.143. The van der Waals surface area contributed by atoms with Crippen molar-refractivity contribution >= 4 is 17.5 Å². The number of carbonyl (C=O) groups is 1. The number of aryl methyl sites for hydroxylation is 1. The van der Waals surface area contributed by atoms with E-state index < -0.39 is 17.8 Å². The highest BCUT2D eigenvalue weighted by Crippen LogP contribution is 2.30. The Kier molecular flexibility index (Phi) is 6.00. The zero-order chi connectivity index (χ0) is 20.5. The number of hydrogen-bond acceptors (Lipinski definition) is 3. The second-order valence-electron chi connectivity index (χ2n) is 7.16. The molecule has 28 heavy (non-hydrogen) atoms. The van der Waals surface area contributed by atoms with E-state index in [1.54, 1.807) is 4.90 Å². The molecule has 1 amide bonds. The number of nitrogens with zero attached hydrogens (tertiary/aromatic N) is 3. The highest BCUT2D eigenvalue weighted by atomic mass is 35.5. The van der Waals surface area contributed by atoms with Gasteiger partial charge in [0.1, 0.15) is 5.69 Å². The van der Waals surface area contributed by atoms with Gasteiger partial charge in [-0.1, -0.05) is 23.7 Å². The smallest absolute Gasteiger partial charge is 0.337 e. The highest BCUT2D eigenvalue weighted by Gasteiger charge is 2.36. The number of halogens is 4. The first-order valence-corrected chi connectivity index (χ1v) is 9.43. The Morgan fingerprint density at radius 2 is 2.00 bits per heavy atom. The number of amides is 1. The van der Waals surface area contributed by atoms with Gasteiger partial charge in [-0.25, -0.2) is 0 Å². The summed E-state index contributed by atoms with van der Waals surface area (Å²) in [4.78, 5) is 14.1. The van der Waals surface area contributed by atoms with Gasteiger partial charge in [-0.2, -0.15) is 18.3 Å². The van der Waals surface area contributed by atoms with Crippen LogP contribution in [0.25, 0.3) is 0 Å². The van der Waals surface area contributed by atoms with Gasteiger partial charge in [-0.3, -0.25) is 9.48 Å². The third kappa shape index (κ3) is 4.67. The number of aromatic nitrogens is 2. The maximum absolute atomic E-state index is 12.9. The Bertz CT molecular complexity index is 844. The van der Waals surface area contributed by atoms with Crippen molar-refractivity contribution in [2.75, 3.05) is 13.1 Å². The topological polar surface area (TPSA) is 64.2 Å². The number of benzene rings is 1. The summed E-state index contributed by atoms with van der Waals surface area (Å²) in [5, 5.41) is 4.40. The molecule has 3 rings (SSSR count). The van der Waals surface area contributed by atoms with Crippen molar-refractivity contribution in [3.05, 3.63) is 52.3 Å². The normalized spacial score (nSPS) is 17.0. The molecule has 1 aliphatic heterocycles. The van der Waals surface area contributed by atoms with E-state index in [1.165, 1.54) is 7.05 Å². The average Bonchev–Trinajstić information content (AvgIpc) is 3.03. The number of nitrogens with two attached hydrogens (primary N) is 1. The lowest BCUT2D eigenvalue weighted by Crippen LogP contribution is -2.44. The Labute approximate surface area is 166 Å². The minimum Gasteiger partial charge on any atom is -0.337 e. The Morgan fingerprint density at radius 3 is 2.57 bits per heavy atom.